The topological polar surface area (TPSA) is 113 Å². The zero-order valence-electron chi connectivity index (χ0n) is 18.9. The van der Waals surface area contributed by atoms with E-state index in [0.717, 1.165) is 58.9 Å². The molecule has 7 nitrogen and oxygen atoms in total. The molecule has 0 aliphatic heterocycles. The second kappa shape index (κ2) is 8.45. The average Bonchev–Trinajstić information content (AvgIpc) is 3.11. The number of rotatable bonds is 6. The van der Waals surface area contributed by atoms with Crippen molar-refractivity contribution in [3.63, 3.8) is 0 Å². The van der Waals surface area contributed by atoms with Gasteiger partial charge in [-0.1, -0.05) is 13.8 Å². The Hall–Kier alpha value is -3.09. The number of amides is 1. The van der Waals surface area contributed by atoms with Crippen LogP contribution in [0.1, 0.15) is 61.1 Å². The summed E-state index contributed by atoms with van der Waals surface area (Å²) in [6.07, 6.45) is 4.29. The van der Waals surface area contributed by atoms with E-state index in [4.69, 9.17) is 8.83 Å². The number of nitrogens with one attached hydrogen (secondary N) is 1. The number of carboxylic acid groups (broad SMARTS) is 1. The molecule has 0 saturated heterocycles. The number of benzene rings is 1. The largest absolute Gasteiger partial charge is 0.548 e. The lowest BCUT2D eigenvalue weighted by Gasteiger charge is -2.23. The van der Waals surface area contributed by atoms with Crippen molar-refractivity contribution in [2.45, 2.75) is 72.3 Å². The minimum absolute atomic E-state index is 0.0179. The maximum Gasteiger partial charge on any atom is 0.339 e. The molecule has 1 atom stereocenters. The summed E-state index contributed by atoms with van der Waals surface area (Å²) in [4.78, 5) is 36.3. The first kappa shape index (κ1) is 22.1. The van der Waals surface area contributed by atoms with Gasteiger partial charge < -0.3 is 24.1 Å². The third kappa shape index (κ3) is 3.80. The summed E-state index contributed by atoms with van der Waals surface area (Å²) in [7, 11) is 0. The van der Waals surface area contributed by atoms with E-state index in [-0.39, 0.29) is 18.8 Å². The number of carbonyl (C=O) groups excluding carboxylic acids is 2. The fourth-order valence-corrected chi connectivity index (χ4v) is 4.69. The quantitative estimate of drug-likeness (QED) is 0.592. The Kier molecular flexibility index (Phi) is 5.84. The summed E-state index contributed by atoms with van der Waals surface area (Å²) >= 11 is 0. The number of aliphatic carboxylic acids is 1. The smallest absolute Gasteiger partial charge is 0.339 e. The van der Waals surface area contributed by atoms with Crippen LogP contribution >= 0.6 is 0 Å². The van der Waals surface area contributed by atoms with Crippen molar-refractivity contribution in [1.82, 2.24) is 5.32 Å². The Balaban J connectivity index is 1.68. The molecule has 2 heterocycles. The van der Waals surface area contributed by atoms with Gasteiger partial charge >= 0.3 is 5.63 Å². The van der Waals surface area contributed by atoms with Crippen molar-refractivity contribution >= 4 is 33.8 Å². The molecule has 1 aromatic carbocycles. The number of hydrogen-bond donors (Lipinski definition) is 1. The Bertz CT molecular complexity index is 1280. The molecule has 3 aromatic rings. The first-order valence-corrected chi connectivity index (χ1v) is 11.2. The molecule has 0 fully saturated rings. The minimum Gasteiger partial charge on any atom is -0.548 e. The van der Waals surface area contributed by atoms with E-state index in [2.05, 4.69) is 5.32 Å². The van der Waals surface area contributed by atoms with Crippen LogP contribution in [0.25, 0.3) is 21.9 Å². The molecule has 4 rings (SSSR count). The number of aryl methyl sites for hydroxylation is 4. The van der Waals surface area contributed by atoms with E-state index in [1.54, 1.807) is 13.8 Å². The first-order valence-electron chi connectivity index (χ1n) is 11.2. The van der Waals surface area contributed by atoms with Gasteiger partial charge in [0.1, 0.15) is 16.9 Å². The maximum absolute atomic E-state index is 12.8. The van der Waals surface area contributed by atoms with E-state index in [0.29, 0.717) is 11.1 Å². The highest BCUT2D eigenvalue weighted by Crippen LogP contribution is 2.37. The summed E-state index contributed by atoms with van der Waals surface area (Å²) in [5.74, 6) is -1.04. The van der Waals surface area contributed by atoms with E-state index >= 15 is 0 Å². The summed E-state index contributed by atoms with van der Waals surface area (Å²) in [6.45, 7) is 7.16. The van der Waals surface area contributed by atoms with Gasteiger partial charge in [0.2, 0.25) is 5.91 Å². The molecule has 32 heavy (non-hydrogen) atoms. The predicted molar refractivity (Wildman–Crippen MR) is 118 cm³/mol. The van der Waals surface area contributed by atoms with Crippen molar-refractivity contribution in [2.24, 2.45) is 5.92 Å². The first-order chi connectivity index (χ1) is 15.2. The Labute approximate surface area is 185 Å². The highest BCUT2D eigenvalue weighted by Gasteiger charge is 2.23. The monoisotopic (exact) mass is 438 g/mol. The molecule has 1 aliphatic carbocycles. The van der Waals surface area contributed by atoms with E-state index < -0.39 is 23.5 Å². The van der Waals surface area contributed by atoms with Crippen LogP contribution in [0.4, 0.5) is 0 Å². The molecule has 7 heteroatoms. The lowest BCUT2D eigenvalue weighted by Crippen LogP contribution is -2.50. The van der Waals surface area contributed by atoms with E-state index in [9.17, 15) is 19.5 Å². The second-order valence-corrected chi connectivity index (χ2v) is 9.07. The van der Waals surface area contributed by atoms with Crippen LogP contribution in [0.3, 0.4) is 0 Å². The van der Waals surface area contributed by atoms with Crippen LogP contribution in [0.15, 0.2) is 19.7 Å². The molecular weight excluding hydrogens is 410 g/mol. The highest BCUT2D eigenvalue weighted by atomic mass is 16.4. The van der Waals surface area contributed by atoms with Gasteiger partial charge in [0.05, 0.1) is 12.0 Å². The van der Waals surface area contributed by atoms with Crippen molar-refractivity contribution in [3.8, 4) is 0 Å². The zero-order valence-corrected chi connectivity index (χ0v) is 18.9. The fraction of sp³-hybridized carbons (Fsp3) is 0.480. The molecule has 0 saturated carbocycles. The van der Waals surface area contributed by atoms with Gasteiger partial charge in [-0.15, -0.1) is 0 Å². The van der Waals surface area contributed by atoms with Crippen molar-refractivity contribution < 1.29 is 23.5 Å². The van der Waals surface area contributed by atoms with Gasteiger partial charge in [-0.2, -0.15) is 0 Å². The van der Waals surface area contributed by atoms with E-state index in [1.807, 2.05) is 19.9 Å². The second-order valence-electron chi connectivity index (χ2n) is 9.07. The summed E-state index contributed by atoms with van der Waals surface area (Å²) in [5, 5.41) is 15.6. The van der Waals surface area contributed by atoms with Gasteiger partial charge in [-0.25, -0.2) is 4.79 Å². The van der Waals surface area contributed by atoms with Gasteiger partial charge in [0.15, 0.2) is 0 Å². The fourth-order valence-electron chi connectivity index (χ4n) is 4.69. The van der Waals surface area contributed by atoms with Crippen LogP contribution in [0, 0.1) is 19.8 Å². The molecule has 1 N–H and O–H groups in total. The third-order valence-electron chi connectivity index (χ3n) is 6.56. The van der Waals surface area contributed by atoms with Crippen molar-refractivity contribution in [3.05, 3.63) is 44.5 Å². The minimum atomic E-state index is -1.32. The zero-order chi connectivity index (χ0) is 23.2. The van der Waals surface area contributed by atoms with Crippen LogP contribution < -0.4 is 16.0 Å². The van der Waals surface area contributed by atoms with E-state index in [1.165, 1.54) is 5.56 Å². The SMILES string of the molecule is Cc1c(CCC(=O)N[C@H](C(=O)[O-])C(C)C)c(=O)oc2c(C)c3oc4c(c3cc12)CCCC4. The Morgan fingerprint density at radius 1 is 1.06 bits per heavy atom. The highest BCUT2D eigenvalue weighted by molar-refractivity contribution is 6.00. The standard InChI is InChI=1S/C25H29NO6/c1-12(2)21(24(28)29)26-20(27)10-9-15-13(3)17-11-18-16-7-5-6-8-19(16)31-23(18)14(4)22(17)32-25(15)30/h11-12,21H,5-10H2,1-4H3,(H,26,27)(H,28,29)/p-1/t21-/m0/s1. The maximum atomic E-state index is 12.8. The Morgan fingerprint density at radius 3 is 2.44 bits per heavy atom. The average molecular weight is 439 g/mol. The molecular formula is C25H28NO6-. The molecule has 0 radical (unpaired) electrons. The van der Waals surface area contributed by atoms with Gasteiger partial charge in [0.25, 0.3) is 0 Å². The number of carbonyl (C=O) groups is 2. The van der Waals surface area contributed by atoms with Crippen LogP contribution in [-0.4, -0.2) is 17.9 Å². The molecule has 0 unspecified atom stereocenters. The molecule has 0 spiro atoms. The summed E-state index contributed by atoms with van der Waals surface area (Å²) in [5.41, 5.74) is 4.06. The van der Waals surface area contributed by atoms with Crippen molar-refractivity contribution in [1.29, 1.82) is 0 Å². The normalized spacial score (nSPS) is 14.7. The third-order valence-corrected chi connectivity index (χ3v) is 6.56. The van der Waals surface area contributed by atoms with Crippen molar-refractivity contribution in [2.75, 3.05) is 0 Å². The summed E-state index contributed by atoms with van der Waals surface area (Å²) < 4.78 is 11.8. The van der Waals surface area contributed by atoms with Gasteiger partial charge in [-0.05, 0) is 57.1 Å². The Morgan fingerprint density at radius 2 is 1.75 bits per heavy atom. The number of furan rings is 1. The molecule has 2 aromatic heterocycles. The lowest BCUT2D eigenvalue weighted by molar-refractivity contribution is -0.309. The van der Waals surface area contributed by atoms with Crippen LogP contribution in [0.5, 0.6) is 0 Å². The number of fused-ring (bicyclic) bond motifs is 4. The number of hydrogen-bond acceptors (Lipinski definition) is 6. The predicted octanol–water partition coefficient (Wildman–Crippen LogP) is 2.86. The molecule has 1 amide bonds. The number of carboxylic acids is 1. The lowest BCUT2D eigenvalue weighted by atomic mass is 9.93. The van der Waals surface area contributed by atoms with Gasteiger partial charge in [0, 0.05) is 40.3 Å². The van der Waals surface area contributed by atoms with Gasteiger partial charge in [-0.3, -0.25) is 4.79 Å². The van der Waals surface area contributed by atoms with Crippen LogP contribution in [-0.2, 0) is 28.9 Å². The molecule has 170 valence electrons. The molecule has 1 aliphatic rings. The molecule has 0 bridgehead atoms. The summed E-state index contributed by atoms with van der Waals surface area (Å²) in [6, 6.07) is 0.970. The van der Waals surface area contributed by atoms with Crippen LogP contribution in [0.2, 0.25) is 0 Å².